The van der Waals surface area contributed by atoms with Gasteiger partial charge in [-0.3, -0.25) is 9.59 Å². The maximum atomic E-state index is 13.7. The third-order valence-corrected chi connectivity index (χ3v) is 6.83. The second-order valence-corrected chi connectivity index (χ2v) is 10.0. The van der Waals surface area contributed by atoms with Gasteiger partial charge < -0.3 is 19.9 Å². The van der Waals surface area contributed by atoms with E-state index in [1.165, 1.54) is 5.01 Å². The van der Waals surface area contributed by atoms with Gasteiger partial charge in [0.1, 0.15) is 18.0 Å². The lowest BCUT2D eigenvalue weighted by Gasteiger charge is -2.55. The Bertz CT molecular complexity index is 1180. The predicted molar refractivity (Wildman–Crippen MR) is 143 cm³/mol. The second kappa shape index (κ2) is 12.0. The first-order chi connectivity index (χ1) is 18.3. The summed E-state index contributed by atoms with van der Waals surface area (Å²) < 4.78 is 5.26. The molecule has 9 heteroatoms. The zero-order valence-corrected chi connectivity index (χ0v) is 22.2. The van der Waals surface area contributed by atoms with Crippen molar-refractivity contribution in [3.63, 3.8) is 0 Å². The minimum Gasteiger partial charge on any atom is -0.497 e. The fourth-order valence-corrected chi connectivity index (χ4v) is 5.06. The van der Waals surface area contributed by atoms with Gasteiger partial charge in [0.25, 0.3) is 0 Å². The molecule has 2 aromatic rings. The quantitative estimate of drug-likeness (QED) is 0.545. The molecule has 9 nitrogen and oxygen atoms in total. The molecule has 1 N–H and O–H groups in total. The van der Waals surface area contributed by atoms with Gasteiger partial charge in [-0.05, 0) is 35.6 Å². The number of nitrogens with one attached hydrogen (secondary N) is 1. The van der Waals surface area contributed by atoms with Gasteiger partial charge >= 0.3 is 6.03 Å². The van der Waals surface area contributed by atoms with Crippen molar-refractivity contribution in [3.8, 4) is 18.1 Å². The lowest BCUT2D eigenvalue weighted by Crippen LogP contribution is -2.76. The molecule has 4 amide bonds. The van der Waals surface area contributed by atoms with Crippen molar-refractivity contribution in [2.45, 2.75) is 45.6 Å². The number of hydrogen-bond donors (Lipinski definition) is 1. The summed E-state index contributed by atoms with van der Waals surface area (Å²) in [6, 6.07) is 16.1. The number of rotatable bonds is 8. The molecular formula is C29H35N5O4. The van der Waals surface area contributed by atoms with Crippen molar-refractivity contribution in [2.24, 2.45) is 5.92 Å². The van der Waals surface area contributed by atoms with Crippen LogP contribution in [0.4, 0.5) is 4.79 Å². The standard InChI is InChI=1S/C29H35N5O4/c1-5-15-32-20-27(35)33-25(16-21(2)3)28(36)31(18-23-11-13-24(38-4)14-12-23)19-26(33)34(32)29(37)30-17-22-9-7-6-8-10-22/h1,6-14,21,25-26H,15-20H2,2-4H3,(H,30,37)/t25-,26-/m0/s1. The average molecular weight is 518 g/mol. The van der Waals surface area contributed by atoms with Crippen molar-refractivity contribution in [3.05, 3.63) is 65.7 Å². The van der Waals surface area contributed by atoms with E-state index in [1.807, 2.05) is 68.4 Å². The topological polar surface area (TPSA) is 85.4 Å². The lowest BCUT2D eigenvalue weighted by atomic mass is 9.96. The number of ether oxygens (including phenoxy) is 1. The molecule has 2 aliphatic rings. The number of fused-ring (bicyclic) bond motifs is 1. The molecule has 0 unspecified atom stereocenters. The molecule has 2 atom stereocenters. The van der Waals surface area contributed by atoms with Crippen LogP contribution in [0.5, 0.6) is 5.75 Å². The highest BCUT2D eigenvalue weighted by atomic mass is 16.5. The van der Waals surface area contributed by atoms with Gasteiger partial charge in [0.05, 0.1) is 26.7 Å². The van der Waals surface area contributed by atoms with Crippen LogP contribution in [-0.4, -0.2) is 76.6 Å². The number of amides is 4. The molecule has 200 valence electrons. The summed E-state index contributed by atoms with van der Waals surface area (Å²) >= 11 is 0. The average Bonchev–Trinajstić information content (AvgIpc) is 2.90. The molecule has 4 rings (SSSR count). The second-order valence-electron chi connectivity index (χ2n) is 10.0. The van der Waals surface area contributed by atoms with Crippen LogP contribution in [0.3, 0.4) is 0 Å². The van der Waals surface area contributed by atoms with Gasteiger partial charge in [0.2, 0.25) is 11.8 Å². The maximum Gasteiger partial charge on any atom is 0.334 e. The number of benzene rings is 2. The van der Waals surface area contributed by atoms with Gasteiger partial charge in [-0.25, -0.2) is 9.80 Å². The van der Waals surface area contributed by atoms with Gasteiger partial charge in [0.15, 0.2) is 0 Å². The predicted octanol–water partition coefficient (Wildman–Crippen LogP) is 2.68. The van der Waals surface area contributed by atoms with Crippen LogP contribution in [-0.2, 0) is 22.7 Å². The van der Waals surface area contributed by atoms with Crippen molar-refractivity contribution in [2.75, 3.05) is 26.7 Å². The van der Waals surface area contributed by atoms with E-state index in [1.54, 1.807) is 21.9 Å². The van der Waals surface area contributed by atoms with Crippen molar-refractivity contribution < 1.29 is 19.1 Å². The number of terminal acetylenes is 1. The minimum absolute atomic E-state index is 0.0696. The molecule has 2 saturated heterocycles. The number of hydrogen-bond acceptors (Lipinski definition) is 5. The van der Waals surface area contributed by atoms with E-state index < -0.39 is 12.2 Å². The van der Waals surface area contributed by atoms with Crippen LogP contribution in [0, 0.1) is 18.3 Å². The molecule has 0 saturated carbocycles. The Kier molecular flexibility index (Phi) is 8.54. The normalized spacial score (nSPS) is 19.8. The van der Waals surface area contributed by atoms with Crippen LogP contribution in [0.1, 0.15) is 31.4 Å². The van der Waals surface area contributed by atoms with Crippen LogP contribution in [0.25, 0.3) is 0 Å². The van der Waals surface area contributed by atoms with Crippen molar-refractivity contribution in [1.82, 2.24) is 25.1 Å². The van der Waals surface area contributed by atoms with E-state index >= 15 is 0 Å². The molecule has 2 aromatic carbocycles. The Hall–Kier alpha value is -4.03. The fraction of sp³-hybridized carbons (Fsp3) is 0.414. The molecule has 2 fully saturated rings. The summed E-state index contributed by atoms with van der Waals surface area (Å²) in [7, 11) is 1.60. The summed E-state index contributed by atoms with van der Waals surface area (Å²) in [5.41, 5.74) is 1.88. The van der Waals surface area contributed by atoms with E-state index in [-0.39, 0.29) is 43.4 Å². The Labute approximate surface area is 224 Å². The third-order valence-electron chi connectivity index (χ3n) is 6.83. The number of hydrazine groups is 1. The number of nitrogens with zero attached hydrogens (tertiary/aromatic N) is 4. The summed E-state index contributed by atoms with van der Waals surface area (Å²) in [5, 5.41) is 6.10. The van der Waals surface area contributed by atoms with E-state index in [9.17, 15) is 14.4 Å². The van der Waals surface area contributed by atoms with Crippen LogP contribution in [0.15, 0.2) is 54.6 Å². The maximum absolute atomic E-state index is 13.7. The van der Waals surface area contributed by atoms with E-state index in [0.29, 0.717) is 19.5 Å². The summed E-state index contributed by atoms with van der Waals surface area (Å²) in [6.07, 6.45) is 5.43. The van der Waals surface area contributed by atoms with E-state index in [0.717, 1.165) is 16.9 Å². The molecule has 0 aliphatic carbocycles. The van der Waals surface area contributed by atoms with Gasteiger partial charge in [-0.1, -0.05) is 62.2 Å². The summed E-state index contributed by atoms with van der Waals surface area (Å²) in [6.45, 7) is 4.92. The Morgan fingerprint density at radius 1 is 1.11 bits per heavy atom. The van der Waals surface area contributed by atoms with Crippen LogP contribution in [0.2, 0.25) is 0 Å². The zero-order chi connectivity index (χ0) is 27.2. The highest BCUT2D eigenvalue weighted by molar-refractivity contribution is 5.91. The van der Waals surface area contributed by atoms with Crippen molar-refractivity contribution in [1.29, 1.82) is 0 Å². The summed E-state index contributed by atoms with van der Waals surface area (Å²) in [5.74, 6) is 3.14. The first-order valence-corrected chi connectivity index (χ1v) is 12.8. The smallest absolute Gasteiger partial charge is 0.334 e. The SMILES string of the molecule is C#CCN1CC(=O)N2[C@@H](CC(C)C)C(=O)N(Cc3ccc(OC)cc3)C[C@@H]2N1C(=O)NCc1ccccc1. The first kappa shape index (κ1) is 27.0. The highest BCUT2D eigenvalue weighted by Crippen LogP contribution is 2.30. The van der Waals surface area contributed by atoms with Gasteiger partial charge in [0, 0.05) is 13.1 Å². The fourth-order valence-electron chi connectivity index (χ4n) is 5.06. The third kappa shape index (κ3) is 5.92. The van der Waals surface area contributed by atoms with E-state index in [2.05, 4.69) is 11.2 Å². The van der Waals surface area contributed by atoms with Crippen molar-refractivity contribution >= 4 is 17.8 Å². The monoisotopic (exact) mass is 517 g/mol. The lowest BCUT2D eigenvalue weighted by molar-refractivity contribution is -0.190. The number of carbonyl (C=O) groups excluding carboxylic acids is 3. The molecule has 0 radical (unpaired) electrons. The Morgan fingerprint density at radius 3 is 2.45 bits per heavy atom. The van der Waals surface area contributed by atoms with Gasteiger partial charge in [-0.15, -0.1) is 6.42 Å². The molecule has 0 spiro atoms. The Morgan fingerprint density at radius 2 is 1.82 bits per heavy atom. The Balaban J connectivity index is 1.65. The number of urea groups is 1. The minimum atomic E-state index is -0.680. The number of methoxy groups -OCH3 is 1. The van der Waals surface area contributed by atoms with Gasteiger partial charge in [-0.2, -0.15) is 5.01 Å². The highest BCUT2D eigenvalue weighted by Gasteiger charge is 2.51. The number of carbonyl (C=O) groups is 3. The first-order valence-electron chi connectivity index (χ1n) is 12.8. The van der Waals surface area contributed by atoms with Crippen LogP contribution < -0.4 is 10.1 Å². The van der Waals surface area contributed by atoms with Crippen LogP contribution >= 0.6 is 0 Å². The molecule has 2 heterocycles. The molecular weight excluding hydrogens is 482 g/mol. The molecule has 38 heavy (non-hydrogen) atoms. The summed E-state index contributed by atoms with van der Waals surface area (Å²) in [4.78, 5) is 44.1. The molecule has 2 aliphatic heterocycles. The largest absolute Gasteiger partial charge is 0.497 e. The molecule has 0 bridgehead atoms. The molecule has 0 aromatic heterocycles. The zero-order valence-electron chi connectivity index (χ0n) is 22.2. The number of piperazine rings is 1. The van der Waals surface area contributed by atoms with E-state index in [4.69, 9.17) is 11.2 Å².